The van der Waals surface area contributed by atoms with Gasteiger partial charge in [-0.1, -0.05) is 12.1 Å². The number of benzene rings is 1. The number of hydrogen-bond acceptors (Lipinski definition) is 5. The number of nitrogens with one attached hydrogen (secondary N) is 2. The molecule has 1 aromatic carbocycles. The van der Waals surface area contributed by atoms with Crippen molar-refractivity contribution in [3.05, 3.63) is 29.8 Å². The molecule has 0 fully saturated rings. The zero-order chi connectivity index (χ0) is 20.9. The number of halogens is 6. The quantitative estimate of drug-likeness (QED) is 0.431. The van der Waals surface area contributed by atoms with Crippen molar-refractivity contribution in [1.29, 1.82) is 0 Å². The third kappa shape index (κ3) is 5.17. The summed E-state index contributed by atoms with van der Waals surface area (Å²) in [4.78, 5) is 23.6. The van der Waals surface area contributed by atoms with E-state index in [0.717, 1.165) is 12.1 Å². The Hall–Kier alpha value is -2.66. The molecule has 1 aromatic rings. The van der Waals surface area contributed by atoms with Gasteiger partial charge in [0.15, 0.2) is 0 Å². The molecule has 0 spiro atoms. The number of para-hydroxylation sites is 1. The fourth-order valence-corrected chi connectivity index (χ4v) is 1.99. The van der Waals surface area contributed by atoms with Gasteiger partial charge in [0.05, 0.1) is 18.8 Å². The maximum atomic E-state index is 13.7. The lowest BCUT2D eigenvalue weighted by atomic mass is 10.1. The Bertz CT molecular complexity index is 677. The standard InChI is InChI=1S/C15H16F6N2O4/c1-3-26-11(24)13(15(19,20)21,23-12(25)27-4-2)22-10-8-6-5-7-9(10)14(16,17)18/h5-8,22H,3-4H2,1-2H3,(H,23,25)/t13-/m0/s1. The number of hydrogen-bond donors (Lipinski definition) is 2. The fraction of sp³-hybridized carbons (Fsp3) is 0.467. The topological polar surface area (TPSA) is 76.7 Å². The van der Waals surface area contributed by atoms with E-state index in [1.807, 2.05) is 0 Å². The molecule has 0 aliphatic heterocycles. The van der Waals surface area contributed by atoms with Gasteiger partial charge in [-0.05, 0) is 26.0 Å². The molecule has 0 aromatic heterocycles. The van der Waals surface area contributed by atoms with Crippen molar-refractivity contribution in [2.24, 2.45) is 0 Å². The third-order valence-corrected chi connectivity index (χ3v) is 3.13. The first-order chi connectivity index (χ1) is 12.4. The van der Waals surface area contributed by atoms with Crippen LogP contribution in [0.4, 0.5) is 36.8 Å². The lowest BCUT2D eigenvalue weighted by Gasteiger charge is -2.35. The van der Waals surface area contributed by atoms with Crippen molar-refractivity contribution in [2.45, 2.75) is 31.9 Å². The molecular formula is C15H16F6N2O4. The number of rotatable bonds is 6. The molecule has 1 amide bonds. The maximum Gasteiger partial charge on any atom is 0.442 e. The number of carbonyl (C=O) groups is 2. The van der Waals surface area contributed by atoms with Crippen molar-refractivity contribution >= 4 is 17.7 Å². The van der Waals surface area contributed by atoms with E-state index in [1.165, 1.54) is 24.5 Å². The average molecular weight is 402 g/mol. The van der Waals surface area contributed by atoms with Crippen molar-refractivity contribution in [1.82, 2.24) is 5.32 Å². The maximum absolute atomic E-state index is 13.7. The molecule has 6 nitrogen and oxygen atoms in total. The molecule has 0 saturated heterocycles. The van der Waals surface area contributed by atoms with E-state index in [4.69, 9.17) is 0 Å². The van der Waals surface area contributed by atoms with Gasteiger partial charge in [0.2, 0.25) is 0 Å². The van der Waals surface area contributed by atoms with Gasteiger partial charge in [-0.3, -0.25) is 5.32 Å². The summed E-state index contributed by atoms with van der Waals surface area (Å²) in [5.41, 5.74) is -6.57. The van der Waals surface area contributed by atoms with E-state index < -0.39 is 47.9 Å². The molecule has 0 heterocycles. The zero-order valence-electron chi connectivity index (χ0n) is 14.1. The molecule has 0 saturated carbocycles. The predicted octanol–water partition coefficient (Wildman–Crippen LogP) is 3.69. The van der Waals surface area contributed by atoms with Crippen LogP contribution < -0.4 is 10.6 Å². The minimum absolute atomic E-state index is 0.346. The normalized spacial score (nSPS) is 14.1. The molecule has 0 aliphatic carbocycles. The monoisotopic (exact) mass is 402 g/mol. The Morgan fingerprint density at radius 1 is 0.963 bits per heavy atom. The first-order valence-corrected chi connectivity index (χ1v) is 7.52. The third-order valence-electron chi connectivity index (χ3n) is 3.13. The van der Waals surface area contributed by atoms with Crippen molar-refractivity contribution in [3.63, 3.8) is 0 Å². The second-order valence-corrected chi connectivity index (χ2v) is 4.98. The van der Waals surface area contributed by atoms with Crippen LogP contribution in [0.3, 0.4) is 0 Å². The highest BCUT2D eigenvalue weighted by Gasteiger charge is 2.64. The molecule has 152 valence electrons. The summed E-state index contributed by atoms with van der Waals surface area (Å²) in [7, 11) is 0. The molecule has 2 N–H and O–H groups in total. The number of carbonyl (C=O) groups excluding carboxylic acids is 2. The van der Waals surface area contributed by atoms with Crippen LogP contribution in [-0.4, -0.2) is 37.1 Å². The highest BCUT2D eigenvalue weighted by molar-refractivity contribution is 5.90. The van der Waals surface area contributed by atoms with E-state index in [9.17, 15) is 35.9 Å². The lowest BCUT2D eigenvalue weighted by molar-refractivity contribution is -0.205. The summed E-state index contributed by atoms with van der Waals surface area (Å²) in [6, 6.07) is 3.16. The van der Waals surface area contributed by atoms with Gasteiger partial charge in [0, 0.05) is 5.69 Å². The molecule has 1 atom stereocenters. The Labute approximate surface area is 149 Å². The van der Waals surface area contributed by atoms with Gasteiger partial charge < -0.3 is 14.8 Å². The number of esters is 1. The van der Waals surface area contributed by atoms with E-state index in [2.05, 4.69) is 9.47 Å². The van der Waals surface area contributed by atoms with Crippen molar-refractivity contribution in [2.75, 3.05) is 18.5 Å². The van der Waals surface area contributed by atoms with Gasteiger partial charge in [-0.15, -0.1) is 0 Å². The van der Waals surface area contributed by atoms with E-state index in [-0.39, 0.29) is 6.61 Å². The minimum Gasteiger partial charge on any atom is -0.463 e. The molecule has 0 unspecified atom stereocenters. The first-order valence-electron chi connectivity index (χ1n) is 7.52. The van der Waals surface area contributed by atoms with Crippen LogP contribution in [0.25, 0.3) is 0 Å². The lowest BCUT2D eigenvalue weighted by Crippen LogP contribution is -2.69. The highest BCUT2D eigenvalue weighted by Crippen LogP contribution is 2.39. The van der Waals surface area contributed by atoms with Gasteiger partial charge in [0.25, 0.3) is 0 Å². The average Bonchev–Trinajstić information content (AvgIpc) is 2.53. The van der Waals surface area contributed by atoms with Crippen LogP contribution >= 0.6 is 0 Å². The number of amides is 1. The van der Waals surface area contributed by atoms with Gasteiger partial charge in [-0.25, -0.2) is 9.59 Å². The second kappa shape index (κ2) is 8.35. The number of anilines is 1. The Morgan fingerprint density at radius 2 is 1.52 bits per heavy atom. The van der Waals surface area contributed by atoms with Gasteiger partial charge >= 0.3 is 30.1 Å². The number of ether oxygens (including phenoxy) is 2. The number of alkyl halides is 6. The second-order valence-electron chi connectivity index (χ2n) is 4.98. The fourth-order valence-electron chi connectivity index (χ4n) is 1.99. The zero-order valence-corrected chi connectivity index (χ0v) is 14.1. The van der Waals surface area contributed by atoms with E-state index in [1.54, 1.807) is 0 Å². The van der Waals surface area contributed by atoms with Crippen LogP contribution in [0.2, 0.25) is 0 Å². The minimum atomic E-state index is -5.58. The summed E-state index contributed by atoms with van der Waals surface area (Å²) < 4.78 is 89.2. The molecule has 0 bridgehead atoms. The summed E-state index contributed by atoms with van der Waals surface area (Å²) in [6.45, 7) is 1.60. The summed E-state index contributed by atoms with van der Waals surface area (Å²) >= 11 is 0. The SMILES string of the molecule is CCOC(=O)N[C@@](Nc1ccccc1C(F)(F)F)(C(=O)OCC)C(F)(F)F. The van der Waals surface area contributed by atoms with E-state index in [0.29, 0.717) is 12.1 Å². The largest absolute Gasteiger partial charge is 0.463 e. The highest BCUT2D eigenvalue weighted by atomic mass is 19.4. The van der Waals surface area contributed by atoms with Crippen LogP contribution in [0.5, 0.6) is 0 Å². The summed E-state index contributed by atoms with van der Waals surface area (Å²) in [6.07, 6.45) is -12.3. The molecule has 1 rings (SSSR count). The molecular weight excluding hydrogens is 386 g/mol. The van der Waals surface area contributed by atoms with Crippen LogP contribution in [0, 0.1) is 0 Å². The van der Waals surface area contributed by atoms with Crippen molar-refractivity contribution < 1.29 is 45.4 Å². The summed E-state index contributed by atoms with van der Waals surface area (Å²) in [5, 5.41) is 2.69. The Balaban J connectivity index is 3.54. The molecule has 0 radical (unpaired) electrons. The van der Waals surface area contributed by atoms with Crippen LogP contribution in [0.15, 0.2) is 24.3 Å². The van der Waals surface area contributed by atoms with Gasteiger partial charge in [0.1, 0.15) is 0 Å². The van der Waals surface area contributed by atoms with E-state index >= 15 is 0 Å². The van der Waals surface area contributed by atoms with Crippen LogP contribution in [-0.2, 0) is 20.4 Å². The predicted molar refractivity (Wildman–Crippen MR) is 80.6 cm³/mol. The Kier molecular flexibility index (Phi) is 6.93. The smallest absolute Gasteiger partial charge is 0.442 e. The van der Waals surface area contributed by atoms with Crippen molar-refractivity contribution in [3.8, 4) is 0 Å². The number of alkyl carbamates (subject to hydrolysis) is 1. The molecule has 27 heavy (non-hydrogen) atoms. The Morgan fingerprint density at radius 3 is 2.00 bits per heavy atom. The summed E-state index contributed by atoms with van der Waals surface area (Å²) in [5.74, 6) is -2.05. The molecule has 12 heteroatoms. The van der Waals surface area contributed by atoms with Gasteiger partial charge in [-0.2, -0.15) is 26.3 Å². The molecule has 0 aliphatic rings. The first kappa shape index (κ1) is 22.4. The van der Waals surface area contributed by atoms with Crippen LogP contribution in [0.1, 0.15) is 19.4 Å².